The molecular formula is C53H103NO3. The van der Waals surface area contributed by atoms with E-state index in [0.717, 1.165) is 25.7 Å². The number of amides is 1. The highest BCUT2D eigenvalue weighted by molar-refractivity contribution is 5.76. The molecule has 0 spiro atoms. The Morgan fingerprint density at radius 1 is 0.404 bits per heavy atom. The van der Waals surface area contributed by atoms with Crippen LogP contribution in [0.25, 0.3) is 0 Å². The van der Waals surface area contributed by atoms with Crippen LogP contribution in [0.1, 0.15) is 290 Å². The third-order valence-corrected chi connectivity index (χ3v) is 12.2. The van der Waals surface area contributed by atoms with Crippen molar-refractivity contribution in [2.45, 2.75) is 302 Å². The van der Waals surface area contributed by atoms with E-state index in [1.807, 2.05) is 6.08 Å². The number of carbonyl (C=O) groups excluding carboxylic acids is 1. The fraction of sp³-hybridized carbons (Fsp3) is 0.906. The molecule has 4 heteroatoms. The molecule has 2 atom stereocenters. The third kappa shape index (κ3) is 45.8. The molecule has 2 unspecified atom stereocenters. The molecule has 0 aromatic rings. The van der Waals surface area contributed by atoms with Crippen LogP contribution in [0.2, 0.25) is 0 Å². The van der Waals surface area contributed by atoms with Crippen LogP contribution in [0.15, 0.2) is 24.3 Å². The van der Waals surface area contributed by atoms with Gasteiger partial charge < -0.3 is 15.5 Å². The van der Waals surface area contributed by atoms with Gasteiger partial charge in [0.1, 0.15) is 0 Å². The number of allylic oxidation sites excluding steroid dienone is 3. The van der Waals surface area contributed by atoms with Gasteiger partial charge >= 0.3 is 0 Å². The van der Waals surface area contributed by atoms with Crippen molar-refractivity contribution in [3.05, 3.63) is 24.3 Å². The average Bonchev–Trinajstić information content (AvgIpc) is 3.22. The van der Waals surface area contributed by atoms with E-state index in [1.165, 1.54) is 244 Å². The fourth-order valence-electron chi connectivity index (χ4n) is 8.18. The molecule has 0 rings (SSSR count). The zero-order chi connectivity index (χ0) is 41.4. The number of aliphatic hydroxyl groups is 2. The minimum absolute atomic E-state index is 0.0604. The molecule has 338 valence electrons. The summed E-state index contributed by atoms with van der Waals surface area (Å²) in [6.07, 6.45) is 64.6. The third-order valence-electron chi connectivity index (χ3n) is 12.2. The number of rotatable bonds is 48. The minimum Gasteiger partial charge on any atom is -0.394 e. The summed E-state index contributed by atoms with van der Waals surface area (Å²) in [5.74, 6) is -0.0604. The Bertz CT molecular complexity index is 825. The van der Waals surface area contributed by atoms with Crippen molar-refractivity contribution < 1.29 is 15.0 Å². The molecule has 57 heavy (non-hydrogen) atoms. The SMILES string of the molecule is CCCCCCCCCCCCCC/C=C\CCCCCCCCCCCCCCC(=O)NC(CO)C(O)/C=C/CCCCCCCCCCCCCCCCC. The molecule has 0 aromatic carbocycles. The second kappa shape index (κ2) is 49.2. The second-order valence-corrected chi connectivity index (χ2v) is 17.9. The lowest BCUT2D eigenvalue weighted by molar-refractivity contribution is -0.123. The van der Waals surface area contributed by atoms with Gasteiger partial charge in [-0.25, -0.2) is 0 Å². The summed E-state index contributed by atoms with van der Waals surface area (Å²) in [7, 11) is 0. The highest BCUT2D eigenvalue weighted by atomic mass is 16.3. The van der Waals surface area contributed by atoms with E-state index < -0.39 is 12.1 Å². The van der Waals surface area contributed by atoms with Crippen molar-refractivity contribution in [2.24, 2.45) is 0 Å². The zero-order valence-electron chi connectivity index (χ0n) is 38.9. The smallest absolute Gasteiger partial charge is 0.220 e. The average molecular weight is 802 g/mol. The monoisotopic (exact) mass is 802 g/mol. The van der Waals surface area contributed by atoms with Crippen molar-refractivity contribution >= 4 is 5.91 Å². The predicted octanol–water partition coefficient (Wildman–Crippen LogP) is 16.8. The summed E-state index contributed by atoms with van der Waals surface area (Å²) in [6.45, 7) is 4.34. The summed E-state index contributed by atoms with van der Waals surface area (Å²) in [5.41, 5.74) is 0. The molecule has 4 nitrogen and oxygen atoms in total. The van der Waals surface area contributed by atoms with Crippen LogP contribution < -0.4 is 5.32 Å². The van der Waals surface area contributed by atoms with Gasteiger partial charge in [0.15, 0.2) is 0 Å². The Morgan fingerprint density at radius 3 is 0.965 bits per heavy atom. The molecule has 0 aliphatic heterocycles. The van der Waals surface area contributed by atoms with Gasteiger partial charge in [-0.1, -0.05) is 263 Å². The summed E-state index contributed by atoms with van der Waals surface area (Å²) < 4.78 is 0. The molecule has 0 saturated heterocycles. The summed E-state index contributed by atoms with van der Waals surface area (Å²) in [4.78, 5) is 12.4. The van der Waals surface area contributed by atoms with Crippen molar-refractivity contribution in [3.63, 3.8) is 0 Å². The number of hydrogen-bond acceptors (Lipinski definition) is 3. The summed E-state index contributed by atoms with van der Waals surface area (Å²) >= 11 is 0. The highest BCUT2D eigenvalue weighted by Gasteiger charge is 2.18. The number of unbranched alkanes of at least 4 members (excludes halogenated alkanes) is 39. The summed E-state index contributed by atoms with van der Waals surface area (Å²) in [6, 6.07) is -0.620. The molecule has 0 fully saturated rings. The van der Waals surface area contributed by atoms with Crippen LogP contribution >= 0.6 is 0 Å². The number of hydrogen-bond donors (Lipinski definition) is 3. The minimum atomic E-state index is -0.837. The number of carbonyl (C=O) groups is 1. The molecule has 0 heterocycles. The van der Waals surface area contributed by atoms with Crippen LogP contribution in [0.5, 0.6) is 0 Å². The molecule has 0 aliphatic rings. The first kappa shape index (κ1) is 55.9. The maximum absolute atomic E-state index is 12.4. The first-order valence-electron chi connectivity index (χ1n) is 26.1. The van der Waals surface area contributed by atoms with Crippen LogP contribution in [-0.2, 0) is 4.79 Å². The van der Waals surface area contributed by atoms with Gasteiger partial charge in [0.2, 0.25) is 5.91 Å². The lowest BCUT2D eigenvalue weighted by Gasteiger charge is -2.20. The Kier molecular flexibility index (Phi) is 48.3. The molecule has 0 aromatic heterocycles. The normalized spacial score (nSPS) is 13.0. The fourth-order valence-corrected chi connectivity index (χ4v) is 8.18. The zero-order valence-corrected chi connectivity index (χ0v) is 38.9. The van der Waals surface area contributed by atoms with Gasteiger partial charge in [0, 0.05) is 6.42 Å². The standard InChI is InChI=1S/C53H103NO3/c1-3-5-7-9-11-13-15-17-19-21-22-23-24-25-26-27-28-29-30-31-33-35-37-39-41-43-45-47-49-53(57)54-51(50-55)52(56)48-46-44-42-40-38-36-34-32-20-18-16-14-12-10-8-6-4-2/h25-26,46,48,51-52,55-56H,3-24,27-45,47,49-50H2,1-2H3,(H,54,57)/b26-25-,48-46+. The highest BCUT2D eigenvalue weighted by Crippen LogP contribution is 2.16. The maximum atomic E-state index is 12.4. The van der Waals surface area contributed by atoms with Crippen LogP contribution in [0.3, 0.4) is 0 Å². The molecule has 0 radical (unpaired) electrons. The number of aliphatic hydroxyl groups excluding tert-OH is 2. The van der Waals surface area contributed by atoms with Crippen LogP contribution in [-0.4, -0.2) is 34.9 Å². The topological polar surface area (TPSA) is 69.6 Å². The second-order valence-electron chi connectivity index (χ2n) is 17.9. The Balaban J connectivity index is 3.47. The van der Waals surface area contributed by atoms with Crippen molar-refractivity contribution in [3.8, 4) is 0 Å². The summed E-state index contributed by atoms with van der Waals surface area (Å²) in [5, 5.41) is 23.1. The van der Waals surface area contributed by atoms with Crippen molar-refractivity contribution in [1.82, 2.24) is 5.32 Å². The molecule has 0 saturated carbocycles. The van der Waals surface area contributed by atoms with E-state index in [-0.39, 0.29) is 12.5 Å². The molecular weight excluding hydrogens is 699 g/mol. The van der Waals surface area contributed by atoms with Gasteiger partial charge in [-0.2, -0.15) is 0 Å². The molecule has 3 N–H and O–H groups in total. The largest absolute Gasteiger partial charge is 0.394 e. The first-order valence-corrected chi connectivity index (χ1v) is 26.1. The molecule has 1 amide bonds. The number of nitrogens with one attached hydrogen (secondary N) is 1. The Hall–Kier alpha value is -1.13. The van der Waals surface area contributed by atoms with E-state index in [0.29, 0.717) is 6.42 Å². The van der Waals surface area contributed by atoms with Gasteiger partial charge in [-0.05, 0) is 44.9 Å². The maximum Gasteiger partial charge on any atom is 0.220 e. The van der Waals surface area contributed by atoms with Crippen molar-refractivity contribution in [1.29, 1.82) is 0 Å². The van der Waals surface area contributed by atoms with E-state index in [4.69, 9.17) is 0 Å². The predicted molar refractivity (Wildman–Crippen MR) is 253 cm³/mol. The lowest BCUT2D eigenvalue weighted by atomic mass is 10.0. The molecule has 0 bridgehead atoms. The first-order chi connectivity index (χ1) is 28.2. The molecule has 0 aliphatic carbocycles. The van der Waals surface area contributed by atoms with E-state index in [9.17, 15) is 15.0 Å². The lowest BCUT2D eigenvalue weighted by Crippen LogP contribution is -2.45. The van der Waals surface area contributed by atoms with E-state index >= 15 is 0 Å². The van der Waals surface area contributed by atoms with Gasteiger partial charge in [0.05, 0.1) is 18.8 Å². The van der Waals surface area contributed by atoms with Crippen molar-refractivity contribution in [2.75, 3.05) is 6.61 Å². The van der Waals surface area contributed by atoms with Gasteiger partial charge in [-0.15, -0.1) is 0 Å². The van der Waals surface area contributed by atoms with Gasteiger partial charge in [-0.3, -0.25) is 4.79 Å². The quantitative estimate of drug-likeness (QED) is 0.0424. The van der Waals surface area contributed by atoms with E-state index in [1.54, 1.807) is 6.08 Å². The van der Waals surface area contributed by atoms with Gasteiger partial charge in [0.25, 0.3) is 0 Å². The Labute approximate surface area is 358 Å². The van der Waals surface area contributed by atoms with Crippen LogP contribution in [0, 0.1) is 0 Å². The van der Waals surface area contributed by atoms with E-state index in [2.05, 4.69) is 31.3 Å². The Morgan fingerprint density at radius 2 is 0.667 bits per heavy atom. The van der Waals surface area contributed by atoms with Crippen LogP contribution in [0.4, 0.5) is 0 Å².